The van der Waals surface area contributed by atoms with Gasteiger partial charge in [0.2, 0.25) is 0 Å². The third-order valence-electron chi connectivity index (χ3n) is 8.28. The van der Waals surface area contributed by atoms with Crippen molar-refractivity contribution < 1.29 is 29.0 Å². The molecule has 3 saturated heterocycles. The molecule has 3 aromatic rings. The highest BCUT2D eigenvalue weighted by atomic mass is 16.6. The number of carboxylic acids is 1. The Morgan fingerprint density at radius 3 is 2.23 bits per heavy atom. The summed E-state index contributed by atoms with van der Waals surface area (Å²) in [6.45, 7) is 6.71. The van der Waals surface area contributed by atoms with Gasteiger partial charge in [-0.2, -0.15) is 0 Å². The Morgan fingerprint density at radius 1 is 0.907 bits per heavy atom. The van der Waals surface area contributed by atoms with E-state index in [1.54, 1.807) is 38.1 Å². The number of carbonyl (C=O) groups is 3. The van der Waals surface area contributed by atoms with Crippen molar-refractivity contribution in [3.05, 3.63) is 101 Å². The van der Waals surface area contributed by atoms with Crippen molar-refractivity contribution >= 4 is 18.0 Å². The van der Waals surface area contributed by atoms with E-state index >= 15 is 0 Å². The van der Waals surface area contributed by atoms with Crippen LogP contribution in [0.5, 0.6) is 5.75 Å². The smallest absolute Gasteiger partial charge is 0.408 e. The third kappa shape index (κ3) is 7.73. The zero-order chi connectivity index (χ0) is 30.3. The molecule has 0 aliphatic carbocycles. The van der Waals surface area contributed by atoms with Crippen molar-refractivity contribution in [3.63, 3.8) is 0 Å². The first-order valence-corrected chi connectivity index (χ1v) is 14.9. The minimum Gasteiger partial charge on any atom is -0.489 e. The minimum atomic E-state index is -1.06. The van der Waals surface area contributed by atoms with Crippen LogP contribution in [-0.4, -0.2) is 59.8 Å². The summed E-state index contributed by atoms with van der Waals surface area (Å²) >= 11 is 0. The van der Waals surface area contributed by atoms with E-state index in [0.29, 0.717) is 17.2 Å². The fourth-order valence-corrected chi connectivity index (χ4v) is 5.78. The van der Waals surface area contributed by atoms with E-state index in [4.69, 9.17) is 9.47 Å². The highest BCUT2D eigenvalue weighted by Crippen LogP contribution is 2.31. The van der Waals surface area contributed by atoms with Crippen molar-refractivity contribution in [3.8, 4) is 5.75 Å². The Labute approximate surface area is 252 Å². The number of hydrogen-bond donors (Lipinski definition) is 3. The molecule has 3 atom stereocenters. The summed E-state index contributed by atoms with van der Waals surface area (Å²) in [5.74, 6) is -0.682. The molecule has 2 bridgehead atoms. The molecule has 0 spiro atoms. The molecule has 0 radical (unpaired) electrons. The van der Waals surface area contributed by atoms with Crippen molar-refractivity contribution in [2.45, 2.75) is 51.5 Å². The number of alkyl carbamates (subject to hydrolysis) is 1. The molecule has 9 heteroatoms. The number of carboxylic acid groups (broad SMARTS) is 1. The van der Waals surface area contributed by atoms with Crippen molar-refractivity contribution in [2.24, 2.45) is 11.8 Å². The number of benzene rings is 3. The predicted molar refractivity (Wildman–Crippen MR) is 162 cm³/mol. The lowest BCUT2D eigenvalue weighted by Crippen LogP contribution is -2.52. The Kier molecular flexibility index (Phi) is 9.61. The summed E-state index contributed by atoms with van der Waals surface area (Å²) < 4.78 is 12.0. The third-order valence-corrected chi connectivity index (χ3v) is 8.28. The van der Waals surface area contributed by atoms with Crippen molar-refractivity contribution in [1.82, 2.24) is 15.5 Å². The van der Waals surface area contributed by atoms with Crippen LogP contribution in [0.1, 0.15) is 59.8 Å². The fraction of sp³-hybridized carbons (Fsp3) is 0.382. The lowest BCUT2D eigenvalue weighted by molar-refractivity contribution is -0.140. The molecule has 2 amide bonds. The molecule has 9 nitrogen and oxygen atoms in total. The maximum atomic E-state index is 13.1. The highest BCUT2D eigenvalue weighted by molar-refractivity contribution is 5.96. The summed E-state index contributed by atoms with van der Waals surface area (Å²) in [5.41, 5.74) is 3.01. The van der Waals surface area contributed by atoms with Gasteiger partial charge in [0.15, 0.2) is 0 Å². The van der Waals surface area contributed by atoms with Gasteiger partial charge in [-0.1, -0.05) is 68.4 Å². The van der Waals surface area contributed by atoms with E-state index in [1.807, 2.05) is 54.6 Å². The number of rotatable bonds is 11. The summed E-state index contributed by atoms with van der Waals surface area (Å²) in [6, 6.07) is 22.9. The monoisotopic (exact) mass is 585 g/mol. The van der Waals surface area contributed by atoms with Gasteiger partial charge >= 0.3 is 12.1 Å². The molecule has 6 rings (SSSR count). The van der Waals surface area contributed by atoms with Gasteiger partial charge in [0.1, 0.15) is 24.5 Å². The minimum absolute atomic E-state index is 0.0835. The zero-order valence-corrected chi connectivity index (χ0v) is 24.6. The molecule has 43 heavy (non-hydrogen) atoms. The molecule has 1 unspecified atom stereocenters. The molecule has 3 N–H and O–H groups in total. The van der Waals surface area contributed by atoms with Crippen LogP contribution >= 0.6 is 0 Å². The quantitative estimate of drug-likeness (QED) is 0.290. The molecule has 3 heterocycles. The average molecular weight is 586 g/mol. The van der Waals surface area contributed by atoms with E-state index < -0.39 is 30.1 Å². The predicted octanol–water partition coefficient (Wildman–Crippen LogP) is 5.01. The lowest BCUT2D eigenvalue weighted by atomic mass is 9.86. The van der Waals surface area contributed by atoms with Crippen LogP contribution in [0.4, 0.5) is 4.79 Å². The Hall–Kier alpha value is -4.37. The molecule has 3 fully saturated rings. The number of piperidine rings is 3. The number of nitrogens with one attached hydrogen (secondary N) is 2. The van der Waals surface area contributed by atoms with Gasteiger partial charge in [0, 0.05) is 12.1 Å². The summed E-state index contributed by atoms with van der Waals surface area (Å²) in [5, 5.41) is 15.0. The van der Waals surface area contributed by atoms with Gasteiger partial charge < -0.3 is 25.2 Å². The number of ether oxygens (including phenoxy) is 2. The van der Waals surface area contributed by atoms with Gasteiger partial charge in [-0.15, -0.1) is 0 Å². The number of carbonyl (C=O) groups excluding carboxylic acids is 2. The standard InChI is InChI=1S/C34H39N3O6/c1-22(2)30(33(39)40)35-32(38)26-13-11-23(12-14-26)21-42-28-10-6-9-27(19-28)31(25-7-4-3-5-8-25)36-34(41)43-29-20-37-17-15-24(29)16-18-37/h3-14,19,22,24,29-31H,15-18,20-21H2,1-2H3,(H,35,38)(H,36,41)(H,39,40)/t29-,30?,31-/m0/s1. The number of aliphatic carboxylic acids is 1. The number of hydrogen-bond acceptors (Lipinski definition) is 6. The number of amides is 2. The van der Waals surface area contributed by atoms with Gasteiger partial charge in [-0.3, -0.25) is 9.69 Å². The fourth-order valence-electron chi connectivity index (χ4n) is 5.78. The Bertz CT molecular complexity index is 1400. The summed E-state index contributed by atoms with van der Waals surface area (Å²) in [7, 11) is 0. The van der Waals surface area contributed by atoms with E-state index in [9.17, 15) is 19.5 Å². The van der Waals surface area contributed by atoms with Crippen LogP contribution in [-0.2, 0) is 16.1 Å². The molecule has 3 aliphatic heterocycles. The first-order chi connectivity index (χ1) is 20.8. The molecule has 0 saturated carbocycles. The molecular formula is C34H39N3O6. The van der Waals surface area contributed by atoms with E-state index in [2.05, 4.69) is 15.5 Å². The van der Waals surface area contributed by atoms with Crippen molar-refractivity contribution in [1.29, 1.82) is 0 Å². The molecule has 226 valence electrons. The summed E-state index contributed by atoms with van der Waals surface area (Å²) in [4.78, 5) is 39.4. The second kappa shape index (κ2) is 13.7. The molecule has 3 aliphatic rings. The summed E-state index contributed by atoms with van der Waals surface area (Å²) in [6.07, 6.45) is 1.63. The zero-order valence-electron chi connectivity index (χ0n) is 24.6. The van der Waals surface area contributed by atoms with Crippen LogP contribution in [0.15, 0.2) is 78.9 Å². The van der Waals surface area contributed by atoms with Gasteiger partial charge in [0.05, 0.1) is 6.04 Å². The highest BCUT2D eigenvalue weighted by Gasteiger charge is 2.37. The lowest BCUT2D eigenvalue weighted by Gasteiger charge is -2.43. The SMILES string of the molecule is CC(C)C(NC(=O)c1ccc(COc2cccc([C@@H](NC(=O)O[C@H]3CN4CCC3CC4)c3ccccc3)c2)cc1)C(=O)O. The van der Waals surface area contributed by atoms with Gasteiger partial charge in [-0.25, -0.2) is 9.59 Å². The molecule has 0 aromatic heterocycles. The topological polar surface area (TPSA) is 117 Å². The molecule has 3 aromatic carbocycles. The van der Waals surface area contributed by atoms with E-state index in [0.717, 1.165) is 49.2 Å². The first-order valence-electron chi connectivity index (χ1n) is 14.9. The first kappa shape index (κ1) is 30.1. The van der Waals surface area contributed by atoms with Gasteiger partial charge in [-0.05, 0) is 78.7 Å². The maximum absolute atomic E-state index is 13.1. The number of fused-ring (bicyclic) bond motifs is 3. The van der Waals surface area contributed by atoms with E-state index in [-0.39, 0.29) is 18.6 Å². The molecular weight excluding hydrogens is 546 g/mol. The van der Waals surface area contributed by atoms with Crippen LogP contribution in [0, 0.1) is 11.8 Å². The Morgan fingerprint density at radius 2 is 1.60 bits per heavy atom. The number of nitrogens with zero attached hydrogens (tertiary/aromatic N) is 1. The van der Waals surface area contributed by atoms with E-state index in [1.165, 1.54) is 0 Å². The second-order valence-corrected chi connectivity index (χ2v) is 11.7. The maximum Gasteiger partial charge on any atom is 0.408 e. The average Bonchev–Trinajstić information content (AvgIpc) is 3.02. The Balaban J connectivity index is 1.23. The van der Waals surface area contributed by atoms with Crippen LogP contribution in [0.3, 0.4) is 0 Å². The van der Waals surface area contributed by atoms with Crippen molar-refractivity contribution in [2.75, 3.05) is 19.6 Å². The van der Waals surface area contributed by atoms with Gasteiger partial charge in [0.25, 0.3) is 5.91 Å². The largest absolute Gasteiger partial charge is 0.489 e. The van der Waals surface area contributed by atoms with Crippen LogP contribution < -0.4 is 15.4 Å². The van der Waals surface area contributed by atoms with Crippen LogP contribution in [0.2, 0.25) is 0 Å². The van der Waals surface area contributed by atoms with Crippen LogP contribution in [0.25, 0.3) is 0 Å². The second-order valence-electron chi connectivity index (χ2n) is 11.7. The normalized spacial score (nSPS) is 20.6.